The summed E-state index contributed by atoms with van der Waals surface area (Å²) in [5, 5.41) is 17.9. The first-order valence-corrected chi connectivity index (χ1v) is 10.6. The van der Waals surface area contributed by atoms with Crippen molar-refractivity contribution in [2.75, 3.05) is 13.3 Å². The van der Waals surface area contributed by atoms with Crippen molar-refractivity contribution in [3.05, 3.63) is 53.6 Å². The second-order valence-corrected chi connectivity index (χ2v) is 8.42. The number of rotatable bonds is 9. The van der Waals surface area contributed by atoms with Gasteiger partial charge in [0.05, 0.1) is 12.2 Å². The summed E-state index contributed by atoms with van der Waals surface area (Å²) >= 11 is 0. The van der Waals surface area contributed by atoms with E-state index < -0.39 is 10.1 Å². The third kappa shape index (κ3) is 5.62. The number of nitriles is 1. The molecule has 3 N–H and O–H groups in total. The SMILES string of the molecule is Cc1cc(OCN(OCC2CC2)C(=N)N)cc(OS(=O)(=O)c2ccccc2C#N)c1. The van der Waals surface area contributed by atoms with Crippen molar-refractivity contribution >= 4 is 16.1 Å². The molecule has 158 valence electrons. The largest absolute Gasteiger partial charge is 0.471 e. The molecule has 0 bridgehead atoms. The number of nitrogens with one attached hydrogen (secondary N) is 1. The number of benzene rings is 2. The standard InChI is InChI=1S/C20H22N4O5S/c1-14-8-17(27-13-24(20(22)23)28-12-15-6-7-15)10-18(9-14)29-30(25,26)19-5-3-2-4-16(19)11-21/h2-5,8-10,15H,6-7,12-13H2,1H3,(H3,22,23). The van der Waals surface area contributed by atoms with Crippen molar-refractivity contribution in [3.8, 4) is 17.6 Å². The first-order chi connectivity index (χ1) is 14.3. The summed E-state index contributed by atoms with van der Waals surface area (Å²) in [7, 11) is -4.21. The van der Waals surface area contributed by atoms with Gasteiger partial charge in [0, 0.05) is 6.07 Å². The fourth-order valence-electron chi connectivity index (χ4n) is 2.58. The number of hydrogen-bond acceptors (Lipinski definition) is 7. The summed E-state index contributed by atoms with van der Waals surface area (Å²) in [5.74, 6) is 0.531. The monoisotopic (exact) mass is 430 g/mol. The van der Waals surface area contributed by atoms with Crippen molar-refractivity contribution in [3.63, 3.8) is 0 Å². The molecule has 1 aliphatic carbocycles. The zero-order chi connectivity index (χ0) is 21.7. The van der Waals surface area contributed by atoms with Crippen molar-refractivity contribution < 1.29 is 22.2 Å². The summed E-state index contributed by atoms with van der Waals surface area (Å²) in [6.45, 7) is 2.07. The highest BCUT2D eigenvalue weighted by atomic mass is 32.2. The Morgan fingerprint density at radius 2 is 1.97 bits per heavy atom. The van der Waals surface area contributed by atoms with E-state index in [1.807, 2.05) is 6.07 Å². The van der Waals surface area contributed by atoms with Gasteiger partial charge in [-0.15, -0.1) is 0 Å². The maximum absolute atomic E-state index is 12.6. The van der Waals surface area contributed by atoms with E-state index in [0.29, 0.717) is 23.8 Å². The van der Waals surface area contributed by atoms with Crippen molar-refractivity contribution in [1.29, 1.82) is 10.7 Å². The van der Waals surface area contributed by atoms with Crippen LogP contribution in [0.3, 0.4) is 0 Å². The third-order valence-electron chi connectivity index (χ3n) is 4.29. The van der Waals surface area contributed by atoms with Gasteiger partial charge in [0.2, 0.25) is 5.96 Å². The van der Waals surface area contributed by atoms with Crippen LogP contribution in [0.1, 0.15) is 24.0 Å². The smallest absolute Gasteiger partial charge is 0.340 e. The Balaban J connectivity index is 1.73. The van der Waals surface area contributed by atoms with Gasteiger partial charge in [0.1, 0.15) is 22.5 Å². The minimum Gasteiger partial charge on any atom is -0.471 e. The molecular weight excluding hydrogens is 408 g/mol. The highest BCUT2D eigenvalue weighted by molar-refractivity contribution is 7.87. The number of nitrogens with two attached hydrogens (primary N) is 1. The molecule has 0 unspecified atom stereocenters. The highest BCUT2D eigenvalue weighted by Gasteiger charge is 2.24. The minimum absolute atomic E-state index is 0.00784. The van der Waals surface area contributed by atoms with Crippen molar-refractivity contribution in [2.24, 2.45) is 11.7 Å². The molecule has 10 heteroatoms. The molecule has 3 rings (SSSR count). The van der Waals surface area contributed by atoms with Crippen LogP contribution in [-0.2, 0) is 15.0 Å². The quantitative estimate of drug-likeness (QED) is 0.203. The van der Waals surface area contributed by atoms with Gasteiger partial charge in [0.15, 0.2) is 6.73 Å². The van der Waals surface area contributed by atoms with Crippen molar-refractivity contribution in [1.82, 2.24) is 5.06 Å². The predicted octanol–water partition coefficient (Wildman–Crippen LogP) is 2.51. The van der Waals surface area contributed by atoms with Crippen LogP contribution < -0.4 is 14.7 Å². The van der Waals surface area contributed by atoms with E-state index in [-0.39, 0.29) is 28.9 Å². The molecule has 9 nitrogen and oxygen atoms in total. The van der Waals surface area contributed by atoms with Gasteiger partial charge in [-0.25, -0.2) is 0 Å². The Bertz CT molecular complexity index is 1080. The number of aryl methyl sites for hydroxylation is 1. The first-order valence-electron chi connectivity index (χ1n) is 9.21. The molecule has 2 aromatic rings. The highest BCUT2D eigenvalue weighted by Crippen LogP contribution is 2.29. The zero-order valence-corrected chi connectivity index (χ0v) is 17.2. The maximum atomic E-state index is 12.6. The Morgan fingerprint density at radius 3 is 2.63 bits per heavy atom. The topological polar surface area (TPSA) is 139 Å². The van der Waals surface area contributed by atoms with Crippen molar-refractivity contribution in [2.45, 2.75) is 24.7 Å². The lowest BCUT2D eigenvalue weighted by atomic mass is 10.2. The van der Waals surface area contributed by atoms with Crippen LogP contribution in [-0.4, -0.2) is 32.8 Å². The Labute approximate surface area is 175 Å². The zero-order valence-electron chi connectivity index (χ0n) is 16.4. The van der Waals surface area contributed by atoms with Gasteiger partial charge in [-0.2, -0.15) is 18.7 Å². The molecule has 1 aliphatic rings. The maximum Gasteiger partial charge on any atom is 0.340 e. The van der Waals surface area contributed by atoms with E-state index in [4.69, 9.17) is 30.2 Å². The molecular formula is C20H22N4O5S. The fourth-order valence-corrected chi connectivity index (χ4v) is 3.65. The van der Waals surface area contributed by atoms with Gasteiger partial charge >= 0.3 is 10.1 Å². The third-order valence-corrected chi connectivity index (χ3v) is 5.59. The normalized spacial score (nSPS) is 13.3. The summed E-state index contributed by atoms with van der Waals surface area (Å²) in [4.78, 5) is 5.26. The summed E-state index contributed by atoms with van der Waals surface area (Å²) in [5.41, 5.74) is 6.20. The number of hydrogen-bond donors (Lipinski definition) is 2. The van der Waals surface area contributed by atoms with E-state index in [1.165, 1.54) is 30.3 Å². The van der Waals surface area contributed by atoms with E-state index in [1.54, 1.807) is 19.1 Å². The van der Waals surface area contributed by atoms with Gasteiger partial charge in [-0.1, -0.05) is 12.1 Å². The number of nitrogens with zero attached hydrogens (tertiary/aromatic N) is 2. The lowest BCUT2D eigenvalue weighted by Crippen LogP contribution is -2.39. The summed E-state index contributed by atoms with van der Waals surface area (Å²) in [6, 6.07) is 12.3. The molecule has 0 spiro atoms. The van der Waals surface area contributed by atoms with E-state index in [2.05, 4.69) is 0 Å². The van der Waals surface area contributed by atoms with Gasteiger partial charge < -0.3 is 14.7 Å². The van der Waals surface area contributed by atoms with Crippen LogP contribution in [0, 0.1) is 29.6 Å². The first kappa shape index (κ1) is 21.4. The molecule has 0 saturated heterocycles. The van der Waals surface area contributed by atoms with Crippen LogP contribution in [0.25, 0.3) is 0 Å². The number of ether oxygens (including phenoxy) is 1. The second kappa shape index (κ2) is 9.02. The molecule has 0 atom stereocenters. The van der Waals surface area contributed by atoms with E-state index in [0.717, 1.165) is 17.9 Å². The van der Waals surface area contributed by atoms with E-state index in [9.17, 15) is 8.42 Å². The average Bonchev–Trinajstić information content (AvgIpc) is 3.51. The molecule has 0 heterocycles. The molecule has 0 amide bonds. The second-order valence-electron chi connectivity index (χ2n) is 6.90. The molecule has 0 radical (unpaired) electrons. The summed E-state index contributed by atoms with van der Waals surface area (Å²) in [6.07, 6.45) is 2.18. The Morgan fingerprint density at radius 1 is 1.27 bits per heavy atom. The van der Waals surface area contributed by atoms with Gasteiger partial charge in [-0.3, -0.25) is 10.2 Å². The predicted molar refractivity (Wildman–Crippen MR) is 108 cm³/mol. The Kier molecular flexibility index (Phi) is 6.44. The lowest BCUT2D eigenvalue weighted by molar-refractivity contribution is -0.139. The van der Waals surface area contributed by atoms with Crippen LogP contribution in [0.2, 0.25) is 0 Å². The average molecular weight is 430 g/mol. The van der Waals surface area contributed by atoms with Crippen LogP contribution >= 0.6 is 0 Å². The molecule has 30 heavy (non-hydrogen) atoms. The molecule has 2 aromatic carbocycles. The van der Waals surface area contributed by atoms with Crippen LogP contribution in [0.5, 0.6) is 11.5 Å². The molecule has 0 aromatic heterocycles. The minimum atomic E-state index is -4.21. The molecule has 0 aliphatic heterocycles. The number of guanidine groups is 1. The molecule has 1 fully saturated rings. The fraction of sp³-hybridized carbons (Fsp3) is 0.300. The van der Waals surface area contributed by atoms with Gasteiger partial charge in [-0.05, 0) is 55.5 Å². The lowest BCUT2D eigenvalue weighted by Gasteiger charge is -2.22. The number of hydroxylamine groups is 2. The molecule has 1 saturated carbocycles. The summed E-state index contributed by atoms with van der Waals surface area (Å²) < 4.78 is 36.1. The van der Waals surface area contributed by atoms with E-state index >= 15 is 0 Å². The Hall–Kier alpha value is -3.29. The van der Waals surface area contributed by atoms with Crippen LogP contribution in [0.4, 0.5) is 0 Å². The van der Waals surface area contributed by atoms with Gasteiger partial charge in [0.25, 0.3) is 0 Å². The van der Waals surface area contributed by atoms with Crippen LogP contribution in [0.15, 0.2) is 47.4 Å².